The van der Waals surface area contributed by atoms with Gasteiger partial charge >= 0.3 is 47.8 Å². The summed E-state index contributed by atoms with van der Waals surface area (Å²) in [6.45, 7) is 10.7. The lowest BCUT2D eigenvalue weighted by atomic mass is 10.1. The van der Waals surface area contributed by atoms with Gasteiger partial charge in [-0.1, -0.05) is 30.3 Å². The molecule has 6 rings (SSSR count). The molecule has 0 amide bonds. The second-order valence-electron chi connectivity index (χ2n) is 13.0. The molecular formula is C48H44O16. The van der Waals surface area contributed by atoms with E-state index in [2.05, 4.69) is 0 Å². The Hall–Kier alpha value is -8.40. The highest BCUT2D eigenvalue weighted by atomic mass is 16.6. The first-order chi connectivity index (χ1) is 30.2. The fourth-order valence-corrected chi connectivity index (χ4v) is 5.16. The summed E-state index contributed by atoms with van der Waals surface area (Å²) < 4.78 is 39.2. The van der Waals surface area contributed by atoms with Crippen molar-refractivity contribution in [1.82, 2.24) is 0 Å². The summed E-state index contributed by atoms with van der Waals surface area (Å²) in [5.74, 6) is 0.447. The Kier molecular flexibility index (Phi) is 19.3. The topological polar surface area (TPSA) is 210 Å². The van der Waals surface area contributed by atoms with Crippen molar-refractivity contribution in [2.24, 2.45) is 0 Å². The number of hydrogen-bond acceptors (Lipinski definition) is 16. The Morgan fingerprint density at radius 3 is 0.703 bits per heavy atom. The number of hydrogen-bond donors (Lipinski definition) is 0. The Bertz CT molecular complexity index is 2480. The van der Waals surface area contributed by atoms with Crippen LogP contribution in [-0.2, 0) is 38.4 Å². The highest BCUT2D eigenvalue weighted by molar-refractivity contribution is 5.88. The number of fused-ring (bicyclic) bond motifs is 2. The molecule has 0 atom stereocenters. The molecule has 6 aromatic carbocycles. The van der Waals surface area contributed by atoms with Crippen LogP contribution >= 0.6 is 0 Å². The summed E-state index contributed by atoms with van der Waals surface area (Å²) in [6, 6.07) is 33.6. The van der Waals surface area contributed by atoms with Gasteiger partial charge in [-0.15, -0.1) is 0 Å². The molecular weight excluding hydrogens is 833 g/mol. The first-order valence-corrected chi connectivity index (χ1v) is 19.0. The molecule has 64 heavy (non-hydrogen) atoms. The molecule has 0 radical (unpaired) electrons. The van der Waals surface area contributed by atoms with Gasteiger partial charge < -0.3 is 37.9 Å². The van der Waals surface area contributed by atoms with Crippen molar-refractivity contribution in [2.75, 3.05) is 0 Å². The predicted molar refractivity (Wildman–Crippen MR) is 231 cm³/mol. The quantitative estimate of drug-likeness (QED) is 0.104. The third-order valence-corrected chi connectivity index (χ3v) is 7.29. The zero-order chi connectivity index (χ0) is 47.3. The minimum atomic E-state index is -0.412. The Morgan fingerprint density at radius 1 is 0.234 bits per heavy atom. The lowest BCUT2D eigenvalue weighted by Gasteiger charge is -2.05. The van der Waals surface area contributed by atoms with E-state index in [0.29, 0.717) is 46.0 Å². The third-order valence-electron chi connectivity index (χ3n) is 7.29. The minimum absolute atomic E-state index is 0.356. The van der Waals surface area contributed by atoms with Crippen molar-refractivity contribution in [3.05, 3.63) is 121 Å². The summed E-state index contributed by atoms with van der Waals surface area (Å²) in [6.07, 6.45) is 0. The molecule has 0 unspecified atom stereocenters. The van der Waals surface area contributed by atoms with Gasteiger partial charge in [0.05, 0.1) is 0 Å². The van der Waals surface area contributed by atoms with Crippen LogP contribution in [0.3, 0.4) is 0 Å². The van der Waals surface area contributed by atoms with Crippen molar-refractivity contribution >= 4 is 69.3 Å². The Morgan fingerprint density at radius 2 is 0.438 bits per heavy atom. The standard InChI is InChI=1S/2C14H12O4.2C10H10O4/c1-9(15)17-13-5-3-12-8-14(18-10(2)16)6-4-11(12)7-13;1-9(15)17-13-5-3-11-4-6-14(18-10(2)16)8-12(11)7-13;1-7(11)13-9-3-5-10(6-4-9)14-8(2)12;1-7(11)13-9-4-3-5-10(6-9)14-8(2)12/h2*3-8H,1-2H3;2*3-6H,1-2H3. The lowest BCUT2D eigenvalue weighted by molar-refractivity contribution is -0.133. The van der Waals surface area contributed by atoms with Gasteiger partial charge in [-0.25, -0.2) is 0 Å². The summed E-state index contributed by atoms with van der Waals surface area (Å²) in [5.41, 5.74) is 0. The van der Waals surface area contributed by atoms with Gasteiger partial charge in [0.25, 0.3) is 0 Å². The molecule has 0 saturated heterocycles. The van der Waals surface area contributed by atoms with Crippen LogP contribution in [0, 0.1) is 0 Å². The van der Waals surface area contributed by atoms with Crippen LogP contribution in [0.4, 0.5) is 0 Å². The number of carbonyl (C=O) groups is 8. The fourth-order valence-electron chi connectivity index (χ4n) is 5.16. The van der Waals surface area contributed by atoms with Gasteiger partial charge in [0.1, 0.15) is 46.0 Å². The molecule has 0 aliphatic rings. The van der Waals surface area contributed by atoms with Crippen molar-refractivity contribution in [3.8, 4) is 46.0 Å². The summed E-state index contributed by atoms with van der Waals surface area (Å²) >= 11 is 0. The van der Waals surface area contributed by atoms with Crippen LogP contribution in [0.25, 0.3) is 21.5 Å². The predicted octanol–water partition coefficient (Wildman–Crippen LogP) is 8.46. The van der Waals surface area contributed by atoms with Crippen LogP contribution in [0.5, 0.6) is 46.0 Å². The first-order valence-electron chi connectivity index (χ1n) is 19.0. The second kappa shape index (κ2) is 24.8. The normalized spacial score (nSPS) is 9.75. The van der Waals surface area contributed by atoms with Crippen LogP contribution in [0.2, 0.25) is 0 Å². The maximum Gasteiger partial charge on any atom is 0.308 e. The molecule has 16 heteroatoms. The fraction of sp³-hybridized carbons (Fsp3) is 0.167. The van der Waals surface area contributed by atoms with Crippen LogP contribution in [0.1, 0.15) is 55.4 Å². The van der Waals surface area contributed by atoms with E-state index in [1.54, 1.807) is 103 Å². The molecule has 0 heterocycles. The maximum absolute atomic E-state index is 10.9. The van der Waals surface area contributed by atoms with E-state index in [9.17, 15) is 38.4 Å². The van der Waals surface area contributed by atoms with Gasteiger partial charge in [0, 0.05) is 61.5 Å². The summed E-state index contributed by atoms with van der Waals surface area (Å²) in [4.78, 5) is 85.8. The number of carbonyl (C=O) groups excluding carboxylic acids is 8. The average molecular weight is 877 g/mol. The van der Waals surface area contributed by atoms with E-state index in [-0.39, 0.29) is 35.8 Å². The monoisotopic (exact) mass is 876 g/mol. The van der Waals surface area contributed by atoms with Crippen molar-refractivity contribution in [2.45, 2.75) is 55.4 Å². The first kappa shape index (κ1) is 50.0. The van der Waals surface area contributed by atoms with E-state index >= 15 is 0 Å². The van der Waals surface area contributed by atoms with E-state index in [1.165, 1.54) is 61.5 Å². The van der Waals surface area contributed by atoms with Crippen LogP contribution in [0.15, 0.2) is 121 Å². The number of esters is 8. The lowest BCUT2D eigenvalue weighted by Crippen LogP contribution is -2.03. The van der Waals surface area contributed by atoms with Crippen LogP contribution in [-0.4, -0.2) is 47.8 Å². The molecule has 0 aliphatic heterocycles. The zero-order valence-electron chi connectivity index (χ0n) is 36.1. The molecule has 16 nitrogen and oxygen atoms in total. The SMILES string of the molecule is CC(=O)Oc1ccc(OC(C)=O)cc1.CC(=O)Oc1ccc2cc(OC(C)=O)ccc2c1.CC(=O)Oc1ccc2ccc(OC(C)=O)cc2c1.CC(=O)Oc1cccc(OC(C)=O)c1. The number of rotatable bonds is 8. The van der Waals surface area contributed by atoms with Gasteiger partial charge in [-0.3, -0.25) is 38.4 Å². The van der Waals surface area contributed by atoms with Crippen LogP contribution < -0.4 is 37.9 Å². The molecule has 0 saturated carbocycles. The second-order valence-corrected chi connectivity index (χ2v) is 13.0. The maximum atomic E-state index is 10.9. The number of benzene rings is 6. The minimum Gasteiger partial charge on any atom is -0.427 e. The molecule has 0 N–H and O–H groups in total. The van der Waals surface area contributed by atoms with Gasteiger partial charge in [-0.2, -0.15) is 0 Å². The Balaban J connectivity index is 0.000000229. The van der Waals surface area contributed by atoms with Gasteiger partial charge in [0.15, 0.2) is 0 Å². The number of ether oxygens (including phenoxy) is 8. The third kappa shape index (κ3) is 19.3. The largest absolute Gasteiger partial charge is 0.427 e. The van der Waals surface area contributed by atoms with Gasteiger partial charge in [-0.05, 0) is 106 Å². The Labute approximate surface area is 367 Å². The van der Waals surface area contributed by atoms with Gasteiger partial charge in [0.2, 0.25) is 0 Å². The molecule has 6 aromatic rings. The van der Waals surface area contributed by atoms with E-state index in [4.69, 9.17) is 37.9 Å². The smallest absolute Gasteiger partial charge is 0.308 e. The zero-order valence-corrected chi connectivity index (χ0v) is 36.1. The summed E-state index contributed by atoms with van der Waals surface area (Å²) in [7, 11) is 0. The van der Waals surface area contributed by atoms with E-state index in [0.717, 1.165) is 21.5 Å². The average Bonchev–Trinajstić information content (AvgIpc) is 3.18. The van der Waals surface area contributed by atoms with E-state index in [1.807, 2.05) is 12.1 Å². The molecule has 0 bridgehead atoms. The molecule has 0 aromatic heterocycles. The summed E-state index contributed by atoms with van der Waals surface area (Å²) in [5, 5.41) is 3.63. The van der Waals surface area contributed by atoms with E-state index < -0.39 is 11.9 Å². The molecule has 0 fully saturated rings. The highest BCUT2D eigenvalue weighted by Gasteiger charge is 2.06. The van der Waals surface area contributed by atoms with Crippen molar-refractivity contribution < 1.29 is 76.3 Å². The van der Waals surface area contributed by atoms with Crippen molar-refractivity contribution in [1.29, 1.82) is 0 Å². The molecule has 0 aliphatic carbocycles. The molecule has 0 spiro atoms. The molecule has 332 valence electrons. The highest BCUT2D eigenvalue weighted by Crippen LogP contribution is 2.27. The van der Waals surface area contributed by atoms with Crippen molar-refractivity contribution in [3.63, 3.8) is 0 Å².